The van der Waals surface area contributed by atoms with Gasteiger partial charge in [0.15, 0.2) is 0 Å². The summed E-state index contributed by atoms with van der Waals surface area (Å²) in [5.74, 6) is -1.62. The molecule has 0 bridgehead atoms. The topological polar surface area (TPSA) is 81.7 Å². The van der Waals surface area contributed by atoms with Gasteiger partial charge in [0, 0.05) is 16.6 Å². The Morgan fingerprint density at radius 2 is 1.64 bits per heavy atom. The van der Waals surface area contributed by atoms with E-state index in [4.69, 9.17) is 0 Å². The minimum Gasteiger partial charge on any atom is -0.465 e. The molecule has 0 aliphatic carbocycles. The van der Waals surface area contributed by atoms with E-state index in [9.17, 15) is 14.4 Å². The fourth-order valence-electron chi connectivity index (χ4n) is 2.06. The molecule has 7 heteroatoms. The zero-order chi connectivity index (χ0) is 18.4. The third-order valence-corrected chi connectivity index (χ3v) is 4.31. The molecular weight excluding hydrogens is 342 g/mol. The van der Waals surface area contributed by atoms with Crippen molar-refractivity contribution in [2.24, 2.45) is 0 Å². The molecule has 0 spiro atoms. The van der Waals surface area contributed by atoms with E-state index in [-0.39, 0.29) is 17.0 Å². The second kappa shape index (κ2) is 8.25. The molecule has 130 valence electrons. The van der Waals surface area contributed by atoms with Crippen molar-refractivity contribution >= 4 is 40.9 Å². The first kappa shape index (κ1) is 18.4. The summed E-state index contributed by atoms with van der Waals surface area (Å²) in [5, 5.41) is 4.57. The highest BCUT2D eigenvalue weighted by Gasteiger charge is 2.14. The molecule has 1 aromatic heterocycles. The number of hydrogen-bond acceptors (Lipinski definition) is 6. The lowest BCUT2D eigenvalue weighted by molar-refractivity contribution is -0.111. The molecule has 1 heterocycles. The predicted molar refractivity (Wildman–Crippen MR) is 95.8 cm³/mol. The van der Waals surface area contributed by atoms with Crippen LogP contribution in [0.2, 0.25) is 0 Å². The third-order valence-electron chi connectivity index (χ3n) is 3.33. The Hall–Kier alpha value is -2.93. The van der Waals surface area contributed by atoms with Crippen molar-refractivity contribution in [1.29, 1.82) is 0 Å². The summed E-state index contributed by atoms with van der Waals surface area (Å²) >= 11 is 1.53. The maximum absolute atomic E-state index is 12.1. The first-order valence-electron chi connectivity index (χ1n) is 7.29. The number of carbonyl (C=O) groups excluding carboxylic acids is 3. The molecule has 0 saturated heterocycles. The SMILES string of the molecule is COC(=O)c1cc(NC(=O)/C=C/c2sccc2C)cc(C(=O)OC)c1. The number of thiophene rings is 1. The fourth-order valence-corrected chi connectivity index (χ4v) is 2.88. The molecule has 0 fully saturated rings. The van der Waals surface area contributed by atoms with E-state index in [2.05, 4.69) is 14.8 Å². The monoisotopic (exact) mass is 359 g/mol. The molecule has 0 unspecified atom stereocenters. The van der Waals surface area contributed by atoms with Crippen LogP contribution in [0.25, 0.3) is 6.08 Å². The van der Waals surface area contributed by atoms with Gasteiger partial charge in [0.1, 0.15) is 0 Å². The van der Waals surface area contributed by atoms with Gasteiger partial charge in [-0.2, -0.15) is 0 Å². The Balaban J connectivity index is 2.23. The Morgan fingerprint density at radius 3 is 2.12 bits per heavy atom. The van der Waals surface area contributed by atoms with Gasteiger partial charge in [0.05, 0.1) is 25.3 Å². The van der Waals surface area contributed by atoms with E-state index in [0.717, 1.165) is 10.4 Å². The first-order valence-corrected chi connectivity index (χ1v) is 8.17. The molecule has 0 aliphatic heterocycles. The fraction of sp³-hybridized carbons (Fsp3) is 0.167. The second-order valence-electron chi connectivity index (χ2n) is 5.07. The van der Waals surface area contributed by atoms with Crippen molar-refractivity contribution in [3.05, 3.63) is 57.3 Å². The van der Waals surface area contributed by atoms with Gasteiger partial charge in [0.2, 0.25) is 5.91 Å². The van der Waals surface area contributed by atoms with Crippen LogP contribution in [-0.2, 0) is 14.3 Å². The van der Waals surface area contributed by atoms with Gasteiger partial charge in [-0.05, 0) is 48.2 Å². The molecule has 1 amide bonds. The quantitative estimate of drug-likeness (QED) is 0.654. The van der Waals surface area contributed by atoms with Crippen molar-refractivity contribution < 1.29 is 23.9 Å². The minimum atomic E-state index is -0.619. The lowest BCUT2D eigenvalue weighted by atomic mass is 10.1. The van der Waals surface area contributed by atoms with E-state index in [1.165, 1.54) is 49.8 Å². The highest BCUT2D eigenvalue weighted by molar-refractivity contribution is 7.11. The maximum atomic E-state index is 12.1. The van der Waals surface area contributed by atoms with E-state index in [1.807, 2.05) is 18.4 Å². The Morgan fingerprint density at radius 1 is 1.04 bits per heavy atom. The van der Waals surface area contributed by atoms with Gasteiger partial charge >= 0.3 is 11.9 Å². The summed E-state index contributed by atoms with van der Waals surface area (Å²) in [4.78, 5) is 36.5. The Labute approximate surface area is 149 Å². The number of ether oxygens (including phenoxy) is 2. The van der Waals surface area contributed by atoms with Gasteiger partial charge in [-0.3, -0.25) is 4.79 Å². The zero-order valence-corrected chi connectivity index (χ0v) is 14.8. The number of methoxy groups -OCH3 is 2. The summed E-state index contributed by atoms with van der Waals surface area (Å²) < 4.78 is 9.32. The van der Waals surface area contributed by atoms with Crippen molar-refractivity contribution in [3.8, 4) is 0 Å². The number of aryl methyl sites for hydroxylation is 1. The number of rotatable bonds is 5. The van der Waals surface area contributed by atoms with Gasteiger partial charge < -0.3 is 14.8 Å². The summed E-state index contributed by atoms with van der Waals surface area (Å²) in [6, 6.07) is 6.17. The van der Waals surface area contributed by atoms with Gasteiger partial charge in [-0.25, -0.2) is 9.59 Å². The van der Waals surface area contributed by atoms with Crippen LogP contribution in [0.1, 0.15) is 31.2 Å². The van der Waals surface area contributed by atoms with E-state index in [1.54, 1.807) is 6.08 Å². The molecular formula is C18H17NO5S. The van der Waals surface area contributed by atoms with Crippen molar-refractivity contribution in [1.82, 2.24) is 0 Å². The molecule has 0 aliphatic rings. The van der Waals surface area contributed by atoms with Crippen LogP contribution in [0, 0.1) is 6.92 Å². The van der Waals surface area contributed by atoms with E-state index in [0.29, 0.717) is 5.69 Å². The number of anilines is 1. The molecule has 6 nitrogen and oxygen atoms in total. The molecule has 1 aromatic carbocycles. The Bertz CT molecular complexity index is 803. The average molecular weight is 359 g/mol. The number of nitrogens with one attached hydrogen (secondary N) is 1. The summed E-state index contributed by atoms with van der Waals surface area (Å²) in [6.07, 6.45) is 3.10. The number of carbonyl (C=O) groups is 3. The van der Waals surface area contributed by atoms with Crippen molar-refractivity contribution in [2.45, 2.75) is 6.92 Å². The predicted octanol–water partition coefficient (Wildman–Crippen LogP) is 3.28. The normalized spacial score (nSPS) is 10.5. The van der Waals surface area contributed by atoms with Crippen LogP contribution in [-0.4, -0.2) is 32.1 Å². The van der Waals surface area contributed by atoms with Gasteiger partial charge in [0.25, 0.3) is 0 Å². The number of amides is 1. The van der Waals surface area contributed by atoms with E-state index < -0.39 is 11.9 Å². The van der Waals surface area contributed by atoms with Crippen LogP contribution in [0.4, 0.5) is 5.69 Å². The highest BCUT2D eigenvalue weighted by atomic mass is 32.1. The third kappa shape index (κ3) is 4.77. The number of esters is 2. The lowest BCUT2D eigenvalue weighted by Gasteiger charge is -2.08. The second-order valence-corrected chi connectivity index (χ2v) is 6.02. The zero-order valence-electron chi connectivity index (χ0n) is 14.0. The molecule has 0 radical (unpaired) electrons. The van der Waals surface area contributed by atoms with Crippen LogP contribution in [0.5, 0.6) is 0 Å². The smallest absolute Gasteiger partial charge is 0.337 e. The van der Waals surface area contributed by atoms with Crippen molar-refractivity contribution in [2.75, 3.05) is 19.5 Å². The minimum absolute atomic E-state index is 0.138. The van der Waals surface area contributed by atoms with Gasteiger partial charge in [-0.15, -0.1) is 11.3 Å². The molecule has 2 aromatic rings. The van der Waals surface area contributed by atoms with Crippen molar-refractivity contribution in [3.63, 3.8) is 0 Å². The van der Waals surface area contributed by atoms with Crippen LogP contribution in [0.15, 0.2) is 35.7 Å². The van der Waals surface area contributed by atoms with Crippen LogP contribution in [0.3, 0.4) is 0 Å². The molecule has 25 heavy (non-hydrogen) atoms. The van der Waals surface area contributed by atoms with Crippen LogP contribution >= 0.6 is 11.3 Å². The number of benzene rings is 1. The molecule has 0 atom stereocenters. The number of hydrogen-bond donors (Lipinski definition) is 1. The highest BCUT2D eigenvalue weighted by Crippen LogP contribution is 2.19. The first-order chi connectivity index (χ1) is 11.9. The standard InChI is InChI=1S/C18H17NO5S/c1-11-6-7-25-15(11)4-5-16(20)19-14-9-12(17(21)23-2)8-13(10-14)18(22)24-3/h4-10H,1-3H3,(H,19,20)/b5-4+. The molecule has 2 rings (SSSR count). The lowest BCUT2D eigenvalue weighted by Crippen LogP contribution is -2.12. The molecule has 1 N–H and O–H groups in total. The largest absolute Gasteiger partial charge is 0.465 e. The summed E-state index contributed by atoms with van der Waals surface area (Å²) in [6.45, 7) is 1.95. The summed E-state index contributed by atoms with van der Waals surface area (Å²) in [5.41, 5.74) is 1.65. The molecule has 0 saturated carbocycles. The average Bonchev–Trinajstić information content (AvgIpc) is 3.03. The van der Waals surface area contributed by atoms with Crippen LogP contribution < -0.4 is 5.32 Å². The Kier molecular flexibility index (Phi) is 6.08. The summed E-state index contributed by atoms with van der Waals surface area (Å²) in [7, 11) is 2.47. The van der Waals surface area contributed by atoms with E-state index >= 15 is 0 Å². The van der Waals surface area contributed by atoms with Gasteiger partial charge in [-0.1, -0.05) is 0 Å². The maximum Gasteiger partial charge on any atom is 0.337 e.